The SMILES string of the molecule is CC(C)(C)[C@H](NC(=O)c1ccc(-c2ccccc2)cc1)c1ccc(C(=O)NO)cn1. The van der Waals surface area contributed by atoms with Crippen molar-refractivity contribution in [2.75, 3.05) is 0 Å². The number of hydrogen-bond donors (Lipinski definition) is 3. The highest BCUT2D eigenvalue weighted by molar-refractivity contribution is 5.95. The molecule has 154 valence electrons. The van der Waals surface area contributed by atoms with E-state index >= 15 is 0 Å². The summed E-state index contributed by atoms with van der Waals surface area (Å²) in [6, 6.07) is 20.3. The summed E-state index contributed by atoms with van der Waals surface area (Å²) in [5.74, 6) is -0.836. The van der Waals surface area contributed by atoms with Gasteiger partial charge in [-0.15, -0.1) is 0 Å². The largest absolute Gasteiger partial charge is 0.343 e. The summed E-state index contributed by atoms with van der Waals surface area (Å²) < 4.78 is 0. The molecular formula is C24H25N3O3. The Morgan fingerprint density at radius 1 is 0.833 bits per heavy atom. The Hall–Kier alpha value is -3.51. The van der Waals surface area contributed by atoms with Crippen LogP contribution in [0.2, 0.25) is 0 Å². The second-order valence-electron chi connectivity index (χ2n) is 8.13. The van der Waals surface area contributed by atoms with Crippen molar-refractivity contribution >= 4 is 11.8 Å². The molecule has 0 saturated heterocycles. The highest BCUT2D eigenvalue weighted by Gasteiger charge is 2.29. The van der Waals surface area contributed by atoms with Gasteiger partial charge in [-0.2, -0.15) is 0 Å². The van der Waals surface area contributed by atoms with Gasteiger partial charge in [-0.25, -0.2) is 5.48 Å². The number of aromatic nitrogens is 1. The molecule has 0 spiro atoms. The van der Waals surface area contributed by atoms with Crippen LogP contribution in [0.1, 0.15) is 53.2 Å². The second kappa shape index (κ2) is 8.88. The minimum atomic E-state index is -0.635. The van der Waals surface area contributed by atoms with Gasteiger partial charge in [0, 0.05) is 11.8 Å². The van der Waals surface area contributed by atoms with E-state index in [2.05, 4.69) is 10.3 Å². The minimum absolute atomic E-state index is 0.200. The van der Waals surface area contributed by atoms with Crippen LogP contribution in [0.4, 0.5) is 0 Å². The number of nitrogens with one attached hydrogen (secondary N) is 2. The zero-order chi connectivity index (χ0) is 21.7. The number of amides is 2. The molecule has 3 rings (SSSR count). The molecule has 6 nitrogen and oxygen atoms in total. The molecule has 1 atom stereocenters. The summed E-state index contributed by atoms with van der Waals surface area (Å²) in [7, 11) is 0. The van der Waals surface area contributed by atoms with E-state index in [0.29, 0.717) is 11.3 Å². The summed E-state index contributed by atoms with van der Waals surface area (Å²) in [4.78, 5) is 28.8. The van der Waals surface area contributed by atoms with Crippen LogP contribution in [0.15, 0.2) is 72.9 Å². The third kappa shape index (κ3) is 4.90. The van der Waals surface area contributed by atoms with Crippen molar-refractivity contribution in [3.63, 3.8) is 0 Å². The quantitative estimate of drug-likeness (QED) is 0.435. The Kier molecular flexibility index (Phi) is 6.28. The van der Waals surface area contributed by atoms with Gasteiger partial charge in [-0.3, -0.25) is 19.8 Å². The first-order valence-corrected chi connectivity index (χ1v) is 9.66. The molecule has 30 heavy (non-hydrogen) atoms. The van der Waals surface area contributed by atoms with Gasteiger partial charge in [0.2, 0.25) is 0 Å². The van der Waals surface area contributed by atoms with Gasteiger partial charge in [0.05, 0.1) is 17.3 Å². The lowest BCUT2D eigenvalue weighted by Crippen LogP contribution is -2.37. The van der Waals surface area contributed by atoms with Crippen LogP contribution in [0.5, 0.6) is 0 Å². The van der Waals surface area contributed by atoms with E-state index in [4.69, 9.17) is 5.21 Å². The zero-order valence-electron chi connectivity index (χ0n) is 17.2. The summed E-state index contributed by atoms with van der Waals surface area (Å²) >= 11 is 0. The lowest BCUT2D eigenvalue weighted by atomic mass is 9.84. The molecule has 0 unspecified atom stereocenters. The van der Waals surface area contributed by atoms with E-state index in [9.17, 15) is 9.59 Å². The first-order chi connectivity index (χ1) is 14.3. The van der Waals surface area contributed by atoms with Gasteiger partial charge in [-0.05, 0) is 40.8 Å². The summed E-state index contributed by atoms with van der Waals surface area (Å²) in [5, 5.41) is 11.8. The maximum atomic E-state index is 12.9. The van der Waals surface area contributed by atoms with Crippen molar-refractivity contribution in [1.29, 1.82) is 0 Å². The van der Waals surface area contributed by atoms with E-state index in [1.54, 1.807) is 29.7 Å². The number of pyridine rings is 1. The molecule has 1 heterocycles. The van der Waals surface area contributed by atoms with Crippen LogP contribution in [-0.4, -0.2) is 22.0 Å². The number of hydroxylamine groups is 1. The molecule has 0 aliphatic heterocycles. The molecule has 6 heteroatoms. The number of rotatable bonds is 5. The number of benzene rings is 2. The average molecular weight is 403 g/mol. The van der Waals surface area contributed by atoms with Gasteiger partial charge in [0.15, 0.2) is 0 Å². The fourth-order valence-corrected chi connectivity index (χ4v) is 3.17. The highest BCUT2D eigenvalue weighted by atomic mass is 16.5. The van der Waals surface area contributed by atoms with E-state index in [0.717, 1.165) is 11.1 Å². The molecule has 2 aromatic carbocycles. The zero-order valence-corrected chi connectivity index (χ0v) is 17.2. The summed E-state index contributed by atoms with van der Waals surface area (Å²) in [5.41, 5.74) is 4.82. The number of hydrogen-bond acceptors (Lipinski definition) is 4. The lowest BCUT2D eigenvalue weighted by Gasteiger charge is -2.31. The smallest absolute Gasteiger partial charge is 0.276 e. The van der Waals surface area contributed by atoms with Crippen LogP contribution < -0.4 is 10.8 Å². The van der Waals surface area contributed by atoms with Crippen molar-refractivity contribution in [1.82, 2.24) is 15.8 Å². The third-order valence-electron chi connectivity index (χ3n) is 4.84. The van der Waals surface area contributed by atoms with Crippen LogP contribution in [0, 0.1) is 5.41 Å². The molecule has 0 bridgehead atoms. The maximum absolute atomic E-state index is 12.9. The average Bonchev–Trinajstić information content (AvgIpc) is 2.77. The fraction of sp³-hybridized carbons (Fsp3) is 0.208. The maximum Gasteiger partial charge on any atom is 0.276 e. The van der Waals surface area contributed by atoms with E-state index in [-0.39, 0.29) is 22.9 Å². The number of carbonyl (C=O) groups is 2. The number of nitrogens with zero attached hydrogens (tertiary/aromatic N) is 1. The first kappa shape index (κ1) is 21.2. The van der Waals surface area contributed by atoms with Gasteiger partial charge >= 0.3 is 0 Å². The molecule has 2 amide bonds. The van der Waals surface area contributed by atoms with Crippen LogP contribution in [0.3, 0.4) is 0 Å². The highest BCUT2D eigenvalue weighted by Crippen LogP contribution is 2.32. The summed E-state index contributed by atoms with van der Waals surface area (Å²) in [6.45, 7) is 6.02. The Morgan fingerprint density at radius 2 is 1.43 bits per heavy atom. The second-order valence-corrected chi connectivity index (χ2v) is 8.13. The van der Waals surface area contributed by atoms with Crippen LogP contribution in [-0.2, 0) is 0 Å². The Bertz CT molecular complexity index is 1010. The van der Waals surface area contributed by atoms with Crippen LogP contribution in [0.25, 0.3) is 11.1 Å². The Balaban J connectivity index is 1.80. The first-order valence-electron chi connectivity index (χ1n) is 9.66. The Labute approximate surface area is 175 Å². The van der Waals surface area contributed by atoms with Crippen molar-refractivity contribution in [2.45, 2.75) is 26.8 Å². The standard InChI is InChI=1S/C24H25N3O3/c1-24(2,3)21(20-14-13-19(15-25-20)23(29)27-30)26-22(28)18-11-9-17(10-12-18)16-7-5-4-6-8-16/h4-15,21,30H,1-3H3,(H,26,28)(H,27,29)/t21-/m1/s1. The van der Waals surface area contributed by atoms with E-state index in [1.807, 2.05) is 63.2 Å². The molecule has 0 saturated carbocycles. The molecule has 0 fully saturated rings. The predicted octanol–water partition coefficient (Wildman–Crippen LogP) is 4.38. The van der Waals surface area contributed by atoms with Gasteiger partial charge < -0.3 is 5.32 Å². The van der Waals surface area contributed by atoms with Gasteiger partial charge in [-0.1, -0.05) is 63.2 Å². The molecule has 0 aliphatic carbocycles. The predicted molar refractivity (Wildman–Crippen MR) is 115 cm³/mol. The van der Waals surface area contributed by atoms with Gasteiger partial charge in [0.25, 0.3) is 11.8 Å². The van der Waals surface area contributed by atoms with Crippen molar-refractivity contribution in [3.8, 4) is 11.1 Å². The third-order valence-corrected chi connectivity index (χ3v) is 4.84. The van der Waals surface area contributed by atoms with E-state index in [1.165, 1.54) is 6.20 Å². The molecule has 1 aromatic heterocycles. The van der Waals surface area contributed by atoms with Gasteiger partial charge in [0.1, 0.15) is 0 Å². The van der Waals surface area contributed by atoms with Crippen LogP contribution >= 0.6 is 0 Å². The monoisotopic (exact) mass is 403 g/mol. The topological polar surface area (TPSA) is 91.3 Å². The minimum Gasteiger partial charge on any atom is -0.343 e. The Morgan fingerprint density at radius 3 is 1.97 bits per heavy atom. The summed E-state index contributed by atoms with van der Waals surface area (Å²) in [6.07, 6.45) is 1.38. The van der Waals surface area contributed by atoms with Crippen molar-refractivity contribution in [3.05, 3.63) is 89.7 Å². The van der Waals surface area contributed by atoms with Crippen molar-refractivity contribution in [2.24, 2.45) is 5.41 Å². The lowest BCUT2D eigenvalue weighted by molar-refractivity contribution is 0.0705. The molecule has 0 radical (unpaired) electrons. The number of carbonyl (C=O) groups excluding carboxylic acids is 2. The molecule has 0 aliphatic rings. The van der Waals surface area contributed by atoms with E-state index < -0.39 is 5.91 Å². The molecule has 3 N–H and O–H groups in total. The fourth-order valence-electron chi connectivity index (χ4n) is 3.17. The molecular weight excluding hydrogens is 378 g/mol. The van der Waals surface area contributed by atoms with Crippen molar-refractivity contribution < 1.29 is 14.8 Å². The normalized spacial score (nSPS) is 12.1. The molecule has 3 aromatic rings.